The van der Waals surface area contributed by atoms with E-state index in [4.69, 9.17) is 10.9 Å². The lowest BCUT2D eigenvalue weighted by Crippen LogP contribution is -2.35. The van der Waals surface area contributed by atoms with Crippen LogP contribution in [0.1, 0.15) is 12.8 Å². The average Bonchev–Trinajstić information content (AvgIpc) is 2.60. The van der Waals surface area contributed by atoms with E-state index < -0.39 is 5.97 Å². The van der Waals surface area contributed by atoms with Crippen LogP contribution < -0.4 is 5.84 Å². The Bertz CT molecular complexity index is 246. The summed E-state index contributed by atoms with van der Waals surface area (Å²) < 4.78 is 0. The molecule has 1 atom stereocenters. The van der Waals surface area contributed by atoms with E-state index in [0.29, 0.717) is 0 Å². The van der Waals surface area contributed by atoms with Gasteiger partial charge in [0.2, 0.25) is 0 Å². The van der Waals surface area contributed by atoms with Gasteiger partial charge in [0.05, 0.1) is 6.54 Å². The van der Waals surface area contributed by atoms with Crippen molar-refractivity contribution in [1.29, 1.82) is 0 Å². The summed E-state index contributed by atoms with van der Waals surface area (Å²) in [4.78, 5) is 12.6. The molecule has 2 rings (SSSR count). The number of carbonyl (C=O) groups is 1. The molecule has 0 amide bonds. The van der Waals surface area contributed by atoms with Crippen LogP contribution in [-0.2, 0) is 4.79 Å². The van der Waals surface area contributed by atoms with E-state index in [2.05, 4.69) is 0 Å². The molecule has 80 valence electrons. The first-order valence-corrected chi connectivity index (χ1v) is 5.03. The highest BCUT2D eigenvalue weighted by molar-refractivity contribution is 5.69. The van der Waals surface area contributed by atoms with Gasteiger partial charge in [0.25, 0.3) is 0 Å². The highest BCUT2D eigenvalue weighted by atomic mass is 16.4. The number of nitrogens with two attached hydrogens (primary N) is 1. The molecule has 2 heterocycles. The van der Waals surface area contributed by atoms with Gasteiger partial charge in [0.1, 0.15) is 0 Å². The number of nitrogens with zero attached hydrogens (tertiary/aromatic N) is 2. The van der Waals surface area contributed by atoms with Gasteiger partial charge in [0, 0.05) is 19.6 Å². The topological polar surface area (TPSA) is 69.8 Å². The van der Waals surface area contributed by atoms with Gasteiger partial charge in [-0.15, -0.1) is 0 Å². The van der Waals surface area contributed by atoms with Crippen molar-refractivity contribution >= 4 is 5.97 Å². The number of carboxylic acid groups (broad SMARTS) is 1. The van der Waals surface area contributed by atoms with Crippen LogP contribution in [0.2, 0.25) is 0 Å². The fraction of sp³-hybridized carbons (Fsp3) is 0.889. The molecule has 0 aromatic carbocycles. The zero-order valence-electron chi connectivity index (χ0n) is 8.28. The zero-order valence-corrected chi connectivity index (χ0v) is 8.28. The Kier molecular flexibility index (Phi) is 2.47. The second-order valence-corrected chi connectivity index (χ2v) is 4.57. The second kappa shape index (κ2) is 3.49. The van der Waals surface area contributed by atoms with Crippen LogP contribution in [0.3, 0.4) is 0 Å². The van der Waals surface area contributed by atoms with Crippen molar-refractivity contribution in [2.45, 2.75) is 12.8 Å². The summed E-state index contributed by atoms with van der Waals surface area (Å²) in [5.41, 5.74) is 0.282. The molecule has 14 heavy (non-hydrogen) atoms. The minimum atomic E-state index is -0.732. The first-order valence-electron chi connectivity index (χ1n) is 5.03. The SMILES string of the molecule is NN1CCC2(CCN(CC(=O)O)C2)C1. The molecular formula is C9H17N3O2. The number of aliphatic carboxylic acids is 1. The molecule has 1 spiro atoms. The maximum atomic E-state index is 10.5. The summed E-state index contributed by atoms with van der Waals surface area (Å²) >= 11 is 0. The van der Waals surface area contributed by atoms with E-state index in [1.807, 2.05) is 9.91 Å². The fourth-order valence-corrected chi connectivity index (χ4v) is 2.66. The minimum absolute atomic E-state index is 0.173. The van der Waals surface area contributed by atoms with E-state index in [0.717, 1.165) is 39.0 Å². The lowest BCUT2D eigenvalue weighted by atomic mass is 9.86. The van der Waals surface area contributed by atoms with Crippen LogP contribution in [0.15, 0.2) is 0 Å². The molecule has 0 aromatic heterocycles. The molecule has 2 aliphatic heterocycles. The number of hydrazine groups is 1. The lowest BCUT2D eigenvalue weighted by molar-refractivity contribution is -0.138. The Labute approximate surface area is 83.4 Å². The van der Waals surface area contributed by atoms with Crippen molar-refractivity contribution in [2.24, 2.45) is 11.3 Å². The first kappa shape index (κ1) is 9.89. The smallest absolute Gasteiger partial charge is 0.317 e. The standard InChI is InChI=1S/C9H17N3O2/c10-12-4-2-9(7-12)1-3-11(6-9)5-8(13)14/h1-7,10H2,(H,13,14). The third-order valence-electron chi connectivity index (χ3n) is 3.34. The minimum Gasteiger partial charge on any atom is -0.480 e. The second-order valence-electron chi connectivity index (χ2n) is 4.57. The largest absolute Gasteiger partial charge is 0.480 e. The molecule has 5 heteroatoms. The third kappa shape index (κ3) is 1.89. The average molecular weight is 199 g/mol. The van der Waals surface area contributed by atoms with Crippen LogP contribution in [0.25, 0.3) is 0 Å². The van der Waals surface area contributed by atoms with Gasteiger partial charge in [-0.1, -0.05) is 0 Å². The summed E-state index contributed by atoms with van der Waals surface area (Å²) in [6, 6.07) is 0. The molecule has 0 radical (unpaired) electrons. The summed E-state index contributed by atoms with van der Waals surface area (Å²) in [5, 5.41) is 10.5. The van der Waals surface area contributed by atoms with Gasteiger partial charge in [0.15, 0.2) is 0 Å². The monoisotopic (exact) mass is 199 g/mol. The third-order valence-corrected chi connectivity index (χ3v) is 3.34. The normalized spacial score (nSPS) is 34.4. The molecule has 2 fully saturated rings. The molecular weight excluding hydrogens is 182 g/mol. The summed E-state index contributed by atoms with van der Waals surface area (Å²) in [7, 11) is 0. The van der Waals surface area contributed by atoms with Crippen molar-refractivity contribution in [3.05, 3.63) is 0 Å². The molecule has 0 aromatic rings. The summed E-state index contributed by atoms with van der Waals surface area (Å²) in [6.45, 7) is 3.84. The fourth-order valence-electron chi connectivity index (χ4n) is 2.66. The number of rotatable bonds is 2. The van der Waals surface area contributed by atoms with Crippen LogP contribution in [-0.4, -0.2) is 53.7 Å². The van der Waals surface area contributed by atoms with Crippen molar-refractivity contribution in [3.63, 3.8) is 0 Å². The van der Waals surface area contributed by atoms with E-state index in [9.17, 15) is 4.79 Å². The van der Waals surface area contributed by atoms with Crippen LogP contribution in [0.4, 0.5) is 0 Å². The highest BCUT2D eigenvalue weighted by Crippen LogP contribution is 2.38. The Balaban J connectivity index is 1.91. The number of hydrogen-bond donors (Lipinski definition) is 2. The van der Waals surface area contributed by atoms with Gasteiger partial charge >= 0.3 is 5.97 Å². The van der Waals surface area contributed by atoms with Crippen molar-refractivity contribution in [1.82, 2.24) is 9.91 Å². The quantitative estimate of drug-likeness (QED) is 0.578. The molecule has 0 bridgehead atoms. The number of likely N-dealkylation sites (tertiary alicyclic amines) is 1. The highest BCUT2D eigenvalue weighted by Gasteiger charge is 2.42. The maximum absolute atomic E-state index is 10.5. The van der Waals surface area contributed by atoms with E-state index in [1.165, 1.54) is 0 Å². The molecule has 0 saturated carbocycles. The van der Waals surface area contributed by atoms with Gasteiger partial charge in [-0.3, -0.25) is 15.5 Å². The van der Waals surface area contributed by atoms with Crippen LogP contribution >= 0.6 is 0 Å². The molecule has 2 saturated heterocycles. The summed E-state index contributed by atoms with van der Waals surface area (Å²) in [5.74, 6) is 5.00. The van der Waals surface area contributed by atoms with Crippen LogP contribution in [0.5, 0.6) is 0 Å². The van der Waals surface area contributed by atoms with E-state index >= 15 is 0 Å². The van der Waals surface area contributed by atoms with Gasteiger partial charge < -0.3 is 5.11 Å². The molecule has 2 aliphatic rings. The Morgan fingerprint density at radius 2 is 2.07 bits per heavy atom. The number of hydrogen-bond acceptors (Lipinski definition) is 4. The van der Waals surface area contributed by atoms with Crippen LogP contribution in [0, 0.1) is 5.41 Å². The maximum Gasteiger partial charge on any atom is 0.317 e. The molecule has 1 unspecified atom stereocenters. The van der Waals surface area contributed by atoms with Crippen molar-refractivity contribution < 1.29 is 9.90 Å². The molecule has 0 aliphatic carbocycles. The van der Waals surface area contributed by atoms with E-state index in [-0.39, 0.29) is 12.0 Å². The number of carboxylic acids is 1. The Hall–Kier alpha value is -0.650. The predicted molar refractivity (Wildman–Crippen MR) is 51.5 cm³/mol. The van der Waals surface area contributed by atoms with Crippen molar-refractivity contribution in [3.8, 4) is 0 Å². The van der Waals surface area contributed by atoms with E-state index in [1.54, 1.807) is 0 Å². The predicted octanol–water partition coefficient (Wildman–Crippen LogP) is -0.657. The Morgan fingerprint density at radius 1 is 1.36 bits per heavy atom. The van der Waals surface area contributed by atoms with Crippen molar-refractivity contribution in [2.75, 3.05) is 32.7 Å². The van der Waals surface area contributed by atoms with Gasteiger partial charge in [-0.2, -0.15) is 0 Å². The van der Waals surface area contributed by atoms with Gasteiger partial charge in [-0.05, 0) is 24.8 Å². The molecule has 5 nitrogen and oxygen atoms in total. The molecule has 3 N–H and O–H groups in total. The summed E-state index contributed by atoms with van der Waals surface area (Å²) in [6.07, 6.45) is 2.20. The van der Waals surface area contributed by atoms with Gasteiger partial charge in [-0.25, -0.2) is 5.01 Å². The first-order chi connectivity index (χ1) is 6.60. The zero-order chi connectivity index (χ0) is 10.2. The lowest BCUT2D eigenvalue weighted by Gasteiger charge is -2.22. The Morgan fingerprint density at radius 3 is 2.64 bits per heavy atom.